The topological polar surface area (TPSA) is 42.7 Å². The number of para-hydroxylation sites is 2. The first-order valence-corrected chi connectivity index (χ1v) is 6.63. The number of aromatic nitrogens is 3. The molecule has 1 N–H and O–H groups in total. The average molecular weight is 242 g/mol. The van der Waals surface area contributed by atoms with Gasteiger partial charge in [-0.3, -0.25) is 0 Å². The third-order valence-electron chi connectivity index (χ3n) is 3.63. The van der Waals surface area contributed by atoms with Crippen LogP contribution in [0.2, 0.25) is 0 Å². The fraction of sp³-hybridized carbons (Fsp3) is 0.429. The Morgan fingerprint density at radius 1 is 1.22 bits per heavy atom. The molecule has 0 amide bonds. The van der Waals surface area contributed by atoms with Crippen molar-refractivity contribution >= 4 is 5.69 Å². The third-order valence-corrected chi connectivity index (χ3v) is 3.63. The molecule has 0 radical (unpaired) electrons. The zero-order valence-electron chi connectivity index (χ0n) is 10.4. The molecule has 1 heterocycles. The summed E-state index contributed by atoms with van der Waals surface area (Å²) in [4.78, 5) is 0. The van der Waals surface area contributed by atoms with E-state index < -0.39 is 0 Å². The molecule has 2 aromatic rings. The van der Waals surface area contributed by atoms with Crippen LogP contribution >= 0.6 is 0 Å². The van der Waals surface area contributed by atoms with E-state index in [0.717, 1.165) is 23.8 Å². The number of nitrogens with one attached hydrogen (secondary N) is 1. The van der Waals surface area contributed by atoms with Crippen molar-refractivity contribution in [1.29, 1.82) is 0 Å². The zero-order valence-corrected chi connectivity index (χ0v) is 10.4. The third kappa shape index (κ3) is 2.37. The predicted molar refractivity (Wildman–Crippen MR) is 71.8 cm³/mol. The minimum absolute atomic E-state index is 0.828. The van der Waals surface area contributed by atoms with Gasteiger partial charge < -0.3 is 5.32 Å². The van der Waals surface area contributed by atoms with Crippen LogP contribution in [0.4, 0.5) is 5.69 Å². The highest BCUT2D eigenvalue weighted by molar-refractivity contribution is 5.60. The van der Waals surface area contributed by atoms with Gasteiger partial charge in [0, 0.05) is 6.54 Å². The van der Waals surface area contributed by atoms with Crippen molar-refractivity contribution in [3.63, 3.8) is 0 Å². The molecular formula is C14H18N4. The van der Waals surface area contributed by atoms with Crippen LogP contribution in [0.5, 0.6) is 0 Å². The first-order valence-electron chi connectivity index (χ1n) is 6.63. The Morgan fingerprint density at radius 2 is 2.06 bits per heavy atom. The van der Waals surface area contributed by atoms with Crippen LogP contribution in [-0.2, 0) is 0 Å². The number of hydrogen-bond acceptors (Lipinski definition) is 3. The molecule has 0 spiro atoms. The summed E-state index contributed by atoms with van der Waals surface area (Å²) in [6, 6.07) is 8.24. The lowest BCUT2D eigenvalue weighted by atomic mass is 10.1. The minimum atomic E-state index is 0.828. The molecule has 1 fully saturated rings. The van der Waals surface area contributed by atoms with Gasteiger partial charge in [-0.1, -0.05) is 30.2 Å². The van der Waals surface area contributed by atoms with Crippen LogP contribution in [0, 0.1) is 5.92 Å². The Labute approximate surface area is 107 Å². The van der Waals surface area contributed by atoms with E-state index in [9.17, 15) is 0 Å². The van der Waals surface area contributed by atoms with Gasteiger partial charge in [0.1, 0.15) is 0 Å². The summed E-state index contributed by atoms with van der Waals surface area (Å²) in [6.07, 6.45) is 9.06. The van der Waals surface area contributed by atoms with E-state index in [1.807, 2.05) is 12.3 Å². The molecule has 1 aromatic heterocycles. The van der Waals surface area contributed by atoms with Crippen LogP contribution in [0.3, 0.4) is 0 Å². The molecule has 1 aliphatic carbocycles. The van der Waals surface area contributed by atoms with Gasteiger partial charge in [0.15, 0.2) is 0 Å². The molecular weight excluding hydrogens is 224 g/mol. The Balaban J connectivity index is 1.75. The van der Waals surface area contributed by atoms with Crippen molar-refractivity contribution in [2.24, 2.45) is 5.92 Å². The molecule has 4 heteroatoms. The van der Waals surface area contributed by atoms with E-state index in [2.05, 4.69) is 33.8 Å². The quantitative estimate of drug-likeness (QED) is 0.896. The van der Waals surface area contributed by atoms with Gasteiger partial charge in [-0.2, -0.15) is 0 Å². The van der Waals surface area contributed by atoms with Gasteiger partial charge >= 0.3 is 0 Å². The SMILES string of the molecule is c1ccc(-n2ccnn2)c(NCC2CCCC2)c1. The molecule has 0 atom stereocenters. The molecule has 4 nitrogen and oxygen atoms in total. The summed E-state index contributed by atoms with van der Waals surface area (Å²) in [6.45, 7) is 1.06. The maximum absolute atomic E-state index is 4.05. The molecule has 1 saturated carbocycles. The van der Waals surface area contributed by atoms with Gasteiger partial charge in [0.25, 0.3) is 0 Å². The second-order valence-corrected chi connectivity index (χ2v) is 4.90. The minimum Gasteiger partial charge on any atom is -0.383 e. The van der Waals surface area contributed by atoms with Gasteiger partial charge in [-0.15, -0.1) is 5.10 Å². The number of benzene rings is 1. The van der Waals surface area contributed by atoms with Crippen LogP contribution in [0.15, 0.2) is 36.7 Å². The first kappa shape index (κ1) is 11.3. The number of anilines is 1. The summed E-state index contributed by atoms with van der Waals surface area (Å²) in [5.74, 6) is 0.828. The fourth-order valence-corrected chi connectivity index (χ4v) is 2.63. The summed E-state index contributed by atoms with van der Waals surface area (Å²) in [5.41, 5.74) is 2.20. The maximum atomic E-state index is 4.05. The fourth-order valence-electron chi connectivity index (χ4n) is 2.63. The lowest BCUT2D eigenvalue weighted by Gasteiger charge is -2.14. The van der Waals surface area contributed by atoms with E-state index in [0.29, 0.717) is 0 Å². The standard InChI is InChI=1S/C14H18N4/c1-2-6-12(5-1)11-15-13-7-3-4-8-14(13)18-10-9-16-17-18/h3-4,7-10,12,15H,1-2,5-6,11H2. The van der Waals surface area contributed by atoms with Crippen molar-refractivity contribution in [3.05, 3.63) is 36.7 Å². The van der Waals surface area contributed by atoms with E-state index in [1.54, 1.807) is 10.9 Å². The summed E-state index contributed by atoms with van der Waals surface area (Å²) < 4.78 is 1.80. The lowest BCUT2D eigenvalue weighted by Crippen LogP contribution is -2.12. The van der Waals surface area contributed by atoms with E-state index >= 15 is 0 Å². The molecule has 3 rings (SSSR count). The number of rotatable bonds is 4. The van der Waals surface area contributed by atoms with Gasteiger partial charge in [0.2, 0.25) is 0 Å². The van der Waals surface area contributed by atoms with Gasteiger partial charge in [0.05, 0.1) is 23.8 Å². The number of nitrogens with zero attached hydrogens (tertiary/aromatic N) is 3. The first-order chi connectivity index (χ1) is 8.93. The van der Waals surface area contributed by atoms with Crippen molar-refractivity contribution in [3.8, 4) is 5.69 Å². The Morgan fingerprint density at radius 3 is 2.83 bits per heavy atom. The highest BCUT2D eigenvalue weighted by atomic mass is 15.4. The van der Waals surface area contributed by atoms with E-state index in [1.165, 1.54) is 25.7 Å². The second kappa shape index (κ2) is 5.21. The monoisotopic (exact) mass is 242 g/mol. The molecule has 0 bridgehead atoms. The number of hydrogen-bond donors (Lipinski definition) is 1. The maximum Gasteiger partial charge on any atom is 0.0894 e. The normalized spacial score (nSPS) is 16.0. The van der Waals surface area contributed by atoms with E-state index in [4.69, 9.17) is 0 Å². The van der Waals surface area contributed by atoms with Crippen LogP contribution in [0.1, 0.15) is 25.7 Å². The smallest absolute Gasteiger partial charge is 0.0894 e. The Bertz CT molecular complexity index is 486. The van der Waals surface area contributed by atoms with Crippen molar-refractivity contribution in [2.75, 3.05) is 11.9 Å². The van der Waals surface area contributed by atoms with Crippen molar-refractivity contribution < 1.29 is 0 Å². The molecule has 0 saturated heterocycles. The van der Waals surface area contributed by atoms with Gasteiger partial charge in [-0.05, 0) is 30.9 Å². The molecule has 0 aliphatic heterocycles. The molecule has 18 heavy (non-hydrogen) atoms. The summed E-state index contributed by atoms with van der Waals surface area (Å²) >= 11 is 0. The summed E-state index contributed by atoms with van der Waals surface area (Å²) in [7, 11) is 0. The largest absolute Gasteiger partial charge is 0.383 e. The molecule has 0 unspecified atom stereocenters. The molecule has 1 aromatic carbocycles. The van der Waals surface area contributed by atoms with Crippen molar-refractivity contribution in [2.45, 2.75) is 25.7 Å². The molecule has 1 aliphatic rings. The Kier molecular flexibility index (Phi) is 3.26. The summed E-state index contributed by atoms with van der Waals surface area (Å²) in [5, 5.41) is 11.5. The zero-order chi connectivity index (χ0) is 12.2. The van der Waals surface area contributed by atoms with Crippen LogP contribution in [0.25, 0.3) is 5.69 Å². The lowest BCUT2D eigenvalue weighted by molar-refractivity contribution is 0.579. The highest BCUT2D eigenvalue weighted by Crippen LogP contribution is 2.26. The predicted octanol–water partition coefficient (Wildman–Crippen LogP) is 2.87. The van der Waals surface area contributed by atoms with Gasteiger partial charge in [-0.25, -0.2) is 4.68 Å². The van der Waals surface area contributed by atoms with Crippen LogP contribution in [-0.4, -0.2) is 21.5 Å². The average Bonchev–Trinajstić information content (AvgIpc) is 3.10. The van der Waals surface area contributed by atoms with Crippen molar-refractivity contribution in [1.82, 2.24) is 15.0 Å². The second-order valence-electron chi connectivity index (χ2n) is 4.90. The van der Waals surface area contributed by atoms with E-state index in [-0.39, 0.29) is 0 Å². The Hall–Kier alpha value is -1.84. The molecule has 94 valence electrons. The highest BCUT2D eigenvalue weighted by Gasteiger charge is 2.15. The van der Waals surface area contributed by atoms with Crippen LogP contribution < -0.4 is 5.32 Å².